The molecule has 1 aromatic carbocycles. The van der Waals surface area contributed by atoms with E-state index in [1.54, 1.807) is 14.2 Å². The van der Waals surface area contributed by atoms with Crippen LogP contribution in [0.1, 0.15) is 30.9 Å². The fourth-order valence-corrected chi connectivity index (χ4v) is 2.95. The van der Waals surface area contributed by atoms with Crippen LogP contribution in [0.4, 0.5) is 0 Å². The van der Waals surface area contributed by atoms with Crippen LogP contribution in [0.15, 0.2) is 18.2 Å². The minimum absolute atomic E-state index is 0.353. The minimum atomic E-state index is 0.353. The minimum Gasteiger partial charge on any atom is -0.493 e. The second-order valence-corrected chi connectivity index (χ2v) is 5.70. The zero-order valence-corrected chi connectivity index (χ0v) is 13.9. The molecule has 0 bridgehead atoms. The average molecular weight is 317 g/mol. The van der Waals surface area contributed by atoms with Crippen molar-refractivity contribution in [1.82, 2.24) is 14.8 Å². The van der Waals surface area contributed by atoms with Crippen molar-refractivity contribution in [3.8, 4) is 17.2 Å². The van der Waals surface area contributed by atoms with E-state index in [4.69, 9.17) is 14.2 Å². The predicted octanol–water partition coefficient (Wildman–Crippen LogP) is 2.70. The normalized spacial score (nSPS) is 17.4. The van der Waals surface area contributed by atoms with Gasteiger partial charge in [-0.1, -0.05) is 0 Å². The molecule has 1 atom stereocenters. The van der Waals surface area contributed by atoms with E-state index in [9.17, 15) is 0 Å². The molecule has 0 N–H and O–H groups in total. The number of rotatable bonds is 6. The van der Waals surface area contributed by atoms with Crippen LogP contribution < -0.4 is 9.47 Å². The van der Waals surface area contributed by atoms with Gasteiger partial charge in [0.2, 0.25) is 0 Å². The first-order valence-electron chi connectivity index (χ1n) is 7.98. The average Bonchev–Trinajstić information content (AvgIpc) is 3.21. The predicted molar refractivity (Wildman–Crippen MR) is 86.5 cm³/mol. The van der Waals surface area contributed by atoms with Crippen molar-refractivity contribution in [1.29, 1.82) is 0 Å². The molecule has 3 rings (SSSR count). The molecule has 0 amide bonds. The number of nitrogens with zero attached hydrogens (tertiary/aromatic N) is 3. The Morgan fingerprint density at radius 2 is 2.09 bits per heavy atom. The van der Waals surface area contributed by atoms with Crippen LogP contribution in [0, 0.1) is 6.92 Å². The molecule has 6 heteroatoms. The van der Waals surface area contributed by atoms with Crippen molar-refractivity contribution in [2.24, 2.45) is 0 Å². The molecule has 0 spiro atoms. The highest BCUT2D eigenvalue weighted by Gasteiger charge is 2.18. The Morgan fingerprint density at radius 3 is 2.78 bits per heavy atom. The van der Waals surface area contributed by atoms with E-state index in [2.05, 4.69) is 10.1 Å². The first-order chi connectivity index (χ1) is 11.2. The molecular weight excluding hydrogens is 294 g/mol. The first-order valence-corrected chi connectivity index (χ1v) is 7.98. The van der Waals surface area contributed by atoms with Gasteiger partial charge in [0.1, 0.15) is 11.6 Å². The summed E-state index contributed by atoms with van der Waals surface area (Å²) in [5.41, 5.74) is 0.922. The number of ether oxygens (including phenoxy) is 3. The van der Waals surface area contributed by atoms with E-state index in [-0.39, 0.29) is 0 Å². The summed E-state index contributed by atoms with van der Waals surface area (Å²) >= 11 is 0. The first kappa shape index (κ1) is 15.8. The standard InChI is InChI=1S/C17H23N3O3/c1-12-18-17(9-7-14-5-4-10-23-14)20(19-12)13-6-8-15(21-2)16(11-13)22-3/h6,8,11,14H,4-5,7,9-10H2,1-3H3/t14-/m0/s1. The van der Waals surface area contributed by atoms with Crippen LogP contribution in [-0.4, -0.2) is 41.7 Å². The van der Waals surface area contributed by atoms with Crippen molar-refractivity contribution in [2.75, 3.05) is 20.8 Å². The lowest BCUT2D eigenvalue weighted by molar-refractivity contribution is 0.104. The Kier molecular flexibility index (Phi) is 4.81. The summed E-state index contributed by atoms with van der Waals surface area (Å²) in [6, 6.07) is 5.77. The maximum absolute atomic E-state index is 5.70. The van der Waals surface area contributed by atoms with Gasteiger partial charge in [-0.3, -0.25) is 0 Å². The number of hydrogen-bond acceptors (Lipinski definition) is 5. The molecule has 0 radical (unpaired) electrons. The Labute approximate surface area is 136 Å². The quantitative estimate of drug-likeness (QED) is 0.820. The molecule has 1 saturated heterocycles. The molecule has 0 unspecified atom stereocenters. The zero-order chi connectivity index (χ0) is 16.2. The van der Waals surface area contributed by atoms with Gasteiger partial charge in [-0.25, -0.2) is 9.67 Å². The van der Waals surface area contributed by atoms with Crippen molar-refractivity contribution >= 4 is 0 Å². The monoisotopic (exact) mass is 317 g/mol. The highest BCUT2D eigenvalue weighted by molar-refractivity contribution is 5.48. The third kappa shape index (κ3) is 3.47. The topological polar surface area (TPSA) is 58.4 Å². The molecular formula is C17H23N3O3. The molecule has 1 fully saturated rings. The molecule has 2 heterocycles. The Bertz CT molecular complexity index is 663. The maximum atomic E-state index is 5.70. The van der Waals surface area contributed by atoms with E-state index in [0.717, 1.165) is 49.6 Å². The van der Waals surface area contributed by atoms with Gasteiger partial charge in [0, 0.05) is 19.1 Å². The van der Waals surface area contributed by atoms with Crippen LogP contribution in [-0.2, 0) is 11.2 Å². The fraction of sp³-hybridized carbons (Fsp3) is 0.529. The van der Waals surface area contributed by atoms with Gasteiger partial charge in [0.25, 0.3) is 0 Å². The smallest absolute Gasteiger partial charge is 0.162 e. The molecule has 1 aliphatic heterocycles. The number of methoxy groups -OCH3 is 2. The largest absolute Gasteiger partial charge is 0.493 e. The SMILES string of the molecule is COc1ccc(-n2nc(C)nc2CC[C@@H]2CCCO2)cc1OC. The summed E-state index contributed by atoms with van der Waals surface area (Å²) in [4.78, 5) is 4.57. The van der Waals surface area contributed by atoms with E-state index in [1.807, 2.05) is 29.8 Å². The Morgan fingerprint density at radius 1 is 1.26 bits per heavy atom. The zero-order valence-electron chi connectivity index (χ0n) is 13.9. The maximum Gasteiger partial charge on any atom is 0.162 e. The van der Waals surface area contributed by atoms with Crippen LogP contribution >= 0.6 is 0 Å². The van der Waals surface area contributed by atoms with Crippen LogP contribution in [0.2, 0.25) is 0 Å². The highest BCUT2D eigenvalue weighted by atomic mass is 16.5. The van der Waals surface area contributed by atoms with E-state index >= 15 is 0 Å². The molecule has 1 aromatic heterocycles. The summed E-state index contributed by atoms with van der Waals surface area (Å²) in [5, 5.41) is 4.53. The van der Waals surface area contributed by atoms with Crippen LogP contribution in [0.25, 0.3) is 5.69 Å². The molecule has 23 heavy (non-hydrogen) atoms. The van der Waals surface area contributed by atoms with E-state index < -0.39 is 0 Å². The van der Waals surface area contributed by atoms with Gasteiger partial charge in [0.15, 0.2) is 11.5 Å². The van der Waals surface area contributed by atoms with Gasteiger partial charge in [0.05, 0.1) is 26.0 Å². The molecule has 0 saturated carbocycles. The summed E-state index contributed by atoms with van der Waals surface area (Å²) in [6.07, 6.45) is 4.48. The van der Waals surface area contributed by atoms with Gasteiger partial charge < -0.3 is 14.2 Å². The number of hydrogen-bond donors (Lipinski definition) is 0. The second kappa shape index (κ2) is 7.00. The number of benzene rings is 1. The van der Waals surface area contributed by atoms with Gasteiger partial charge in [-0.2, -0.15) is 5.10 Å². The van der Waals surface area contributed by atoms with Gasteiger partial charge in [-0.05, 0) is 38.3 Å². The number of aromatic nitrogens is 3. The molecule has 0 aliphatic carbocycles. The summed E-state index contributed by atoms with van der Waals surface area (Å²) in [6.45, 7) is 2.79. The third-order valence-electron chi connectivity index (χ3n) is 4.11. The number of aryl methyl sites for hydroxylation is 2. The van der Waals surface area contributed by atoms with Gasteiger partial charge in [-0.15, -0.1) is 0 Å². The Balaban J connectivity index is 1.84. The summed E-state index contributed by atoms with van der Waals surface area (Å²) in [5.74, 6) is 3.10. The van der Waals surface area contributed by atoms with Crippen molar-refractivity contribution in [3.63, 3.8) is 0 Å². The van der Waals surface area contributed by atoms with E-state index in [1.165, 1.54) is 0 Å². The molecule has 2 aromatic rings. The Hall–Kier alpha value is -2.08. The van der Waals surface area contributed by atoms with Crippen molar-refractivity contribution in [2.45, 2.75) is 38.7 Å². The van der Waals surface area contributed by atoms with Crippen LogP contribution in [0.3, 0.4) is 0 Å². The highest BCUT2D eigenvalue weighted by Crippen LogP contribution is 2.29. The lowest BCUT2D eigenvalue weighted by atomic mass is 10.1. The van der Waals surface area contributed by atoms with Crippen molar-refractivity contribution in [3.05, 3.63) is 29.8 Å². The fourth-order valence-electron chi connectivity index (χ4n) is 2.95. The lowest BCUT2D eigenvalue weighted by Gasteiger charge is -2.12. The van der Waals surface area contributed by atoms with Gasteiger partial charge >= 0.3 is 0 Å². The molecule has 124 valence electrons. The second-order valence-electron chi connectivity index (χ2n) is 5.70. The van der Waals surface area contributed by atoms with E-state index in [0.29, 0.717) is 17.6 Å². The summed E-state index contributed by atoms with van der Waals surface area (Å²) < 4.78 is 18.3. The summed E-state index contributed by atoms with van der Waals surface area (Å²) in [7, 11) is 3.26. The molecule has 6 nitrogen and oxygen atoms in total. The van der Waals surface area contributed by atoms with Crippen molar-refractivity contribution < 1.29 is 14.2 Å². The molecule has 1 aliphatic rings. The lowest BCUT2D eigenvalue weighted by Crippen LogP contribution is -2.10. The third-order valence-corrected chi connectivity index (χ3v) is 4.11. The van der Waals surface area contributed by atoms with Crippen LogP contribution in [0.5, 0.6) is 11.5 Å².